The normalized spacial score (nSPS) is 18.5. The Balaban J connectivity index is 1.90. The van der Waals surface area contributed by atoms with Gasteiger partial charge in [0.05, 0.1) is 10.5 Å². The minimum atomic E-state index is -0.509. The summed E-state index contributed by atoms with van der Waals surface area (Å²) in [5.74, 6) is -0.549. The molecule has 1 aromatic carbocycles. The Morgan fingerprint density at radius 1 is 1.38 bits per heavy atom. The number of nitrogens with zero attached hydrogens (tertiary/aromatic N) is 4. The highest BCUT2D eigenvalue weighted by Gasteiger charge is 2.35. The standard InChI is InChI=1S/C15H13N5O3S/c1-2-3-12-18-19-13(16)11(14(21)17-15(19)24-12)8-9-4-6-10(7-5-9)20(22)23/h4-8,16H,2-3H2,1H3/b11-8-,16-13?. The summed E-state index contributed by atoms with van der Waals surface area (Å²) >= 11 is 1.30. The van der Waals surface area contributed by atoms with Crippen LogP contribution in [-0.4, -0.2) is 31.9 Å². The van der Waals surface area contributed by atoms with E-state index in [1.807, 2.05) is 6.92 Å². The monoisotopic (exact) mass is 343 g/mol. The number of nitrogens with one attached hydrogen (secondary N) is 1. The molecule has 1 aromatic rings. The molecule has 0 saturated carbocycles. The van der Waals surface area contributed by atoms with Crippen LogP contribution in [0.1, 0.15) is 25.3 Å². The van der Waals surface area contributed by atoms with E-state index in [4.69, 9.17) is 5.41 Å². The first-order valence-corrected chi connectivity index (χ1v) is 8.05. The van der Waals surface area contributed by atoms with Crippen LogP contribution in [0.5, 0.6) is 0 Å². The Morgan fingerprint density at radius 2 is 2.08 bits per heavy atom. The van der Waals surface area contributed by atoms with Gasteiger partial charge >= 0.3 is 0 Å². The molecule has 2 aliphatic heterocycles. The van der Waals surface area contributed by atoms with Crippen molar-refractivity contribution in [2.45, 2.75) is 19.8 Å². The fourth-order valence-corrected chi connectivity index (χ4v) is 3.19. The molecule has 2 aliphatic rings. The summed E-state index contributed by atoms with van der Waals surface area (Å²) in [4.78, 5) is 26.4. The zero-order valence-electron chi connectivity index (χ0n) is 12.7. The molecule has 0 atom stereocenters. The van der Waals surface area contributed by atoms with Gasteiger partial charge in [0.2, 0.25) is 5.17 Å². The fourth-order valence-electron chi connectivity index (χ4n) is 2.21. The highest BCUT2D eigenvalue weighted by atomic mass is 32.2. The molecule has 122 valence electrons. The second-order valence-electron chi connectivity index (χ2n) is 5.11. The number of carbonyl (C=O) groups is 1. The van der Waals surface area contributed by atoms with Crippen molar-refractivity contribution in [3.05, 3.63) is 45.5 Å². The zero-order valence-corrected chi connectivity index (χ0v) is 13.5. The summed E-state index contributed by atoms with van der Waals surface area (Å²) in [6.45, 7) is 2.03. The van der Waals surface area contributed by atoms with Crippen molar-refractivity contribution in [3.8, 4) is 0 Å². The van der Waals surface area contributed by atoms with Crippen molar-refractivity contribution in [2.24, 2.45) is 10.1 Å². The summed E-state index contributed by atoms with van der Waals surface area (Å²) in [5.41, 5.74) is 0.652. The van der Waals surface area contributed by atoms with Crippen molar-refractivity contribution < 1.29 is 9.72 Å². The third-order valence-corrected chi connectivity index (χ3v) is 4.34. The van der Waals surface area contributed by atoms with E-state index in [0.717, 1.165) is 17.9 Å². The van der Waals surface area contributed by atoms with E-state index < -0.39 is 10.8 Å². The van der Waals surface area contributed by atoms with Gasteiger partial charge in [-0.1, -0.05) is 6.92 Å². The predicted molar refractivity (Wildman–Crippen MR) is 93.0 cm³/mol. The number of carbonyl (C=O) groups excluding carboxylic acids is 1. The van der Waals surface area contributed by atoms with Gasteiger partial charge in [0.15, 0.2) is 5.84 Å². The van der Waals surface area contributed by atoms with Gasteiger partial charge in [-0.25, -0.2) is 0 Å². The minimum absolute atomic E-state index is 0.0349. The number of nitro groups is 1. The fraction of sp³-hybridized carbons (Fsp3) is 0.200. The topological polar surface area (TPSA) is 112 Å². The van der Waals surface area contributed by atoms with Gasteiger partial charge in [-0.05, 0) is 48.4 Å². The Bertz CT molecular complexity index is 826. The Morgan fingerprint density at radius 3 is 2.71 bits per heavy atom. The Kier molecular flexibility index (Phi) is 4.26. The number of non-ortho nitro benzene ring substituents is 1. The van der Waals surface area contributed by atoms with Crippen LogP contribution < -0.4 is 0 Å². The van der Waals surface area contributed by atoms with E-state index >= 15 is 0 Å². The van der Waals surface area contributed by atoms with Crippen molar-refractivity contribution in [1.82, 2.24) is 5.01 Å². The summed E-state index contributed by atoms with van der Waals surface area (Å²) in [6.07, 6.45) is 3.18. The van der Waals surface area contributed by atoms with Crippen molar-refractivity contribution in [3.63, 3.8) is 0 Å². The molecule has 1 amide bonds. The maximum Gasteiger partial charge on any atom is 0.283 e. The molecule has 0 fully saturated rings. The van der Waals surface area contributed by atoms with Crippen molar-refractivity contribution >= 4 is 45.5 Å². The van der Waals surface area contributed by atoms with Crippen LogP contribution in [0.15, 0.2) is 39.9 Å². The molecule has 0 bridgehead atoms. The minimum Gasteiger partial charge on any atom is -0.282 e. The molecule has 0 aliphatic carbocycles. The smallest absolute Gasteiger partial charge is 0.282 e. The molecule has 0 unspecified atom stereocenters. The second kappa shape index (κ2) is 6.36. The van der Waals surface area contributed by atoms with Gasteiger partial charge in [0.25, 0.3) is 11.6 Å². The molecular weight excluding hydrogens is 330 g/mol. The van der Waals surface area contributed by atoms with E-state index in [1.165, 1.54) is 47.1 Å². The first-order valence-electron chi connectivity index (χ1n) is 7.23. The van der Waals surface area contributed by atoms with Gasteiger partial charge in [-0.15, -0.1) is 0 Å². The number of fused-ring (bicyclic) bond motifs is 1. The zero-order chi connectivity index (χ0) is 17.3. The number of benzene rings is 1. The molecule has 0 saturated heterocycles. The maximum absolute atomic E-state index is 12.2. The largest absolute Gasteiger partial charge is 0.283 e. The molecule has 24 heavy (non-hydrogen) atoms. The van der Waals surface area contributed by atoms with Crippen LogP contribution in [0.25, 0.3) is 6.08 Å². The van der Waals surface area contributed by atoms with Crippen LogP contribution in [0, 0.1) is 15.5 Å². The summed E-state index contributed by atoms with van der Waals surface area (Å²) in [7, 11) is 0. The van der Waals surface area contributed by atoms with Crippen LogP contribution in [-0.2, 0) is 4.79 Å². The first-order chi connectivity index (χ1) is 11.5. The number of hydrogen-bond donors (Lipinski definition) is 1. The molecule has 1 N–H and O–H groups in total. The average Bonchev–Trinajstić information content (AvgIpc) is 2.95. The van der Waals surface area contributed by atoms with Crippen LogP contribution in [0.4, 0.5) is 5.69 Å². The first kappa shape index (κ1) is 16.1. The lowest BCUT2D eigenvalue weighted by molar-refractivity contribution is -0.384. The third-order valence-electron chi connectivity index (χ3n) is 3.38. The quantitative estimate of drug-likeness (QED) is 0.513. The van der Waals surface area contributed by atoms with Crippen molar-refractivity contribution in [1.29, 1.82) is 5.41 Å². The van der Waals surface area contributed by atoms with Crippen LogP contribution in [0.2, 0.25) is 0 Å². The molecule has 0 spiro atoms. The molecule has 2 heterocycles. The van der Waals surface area contributed by atoms with E-state index in [0.29, 0.717) is 10.7 Å². The summed E-state index contributed by atoms with van der Waals surface area (Å²) in [5, 5.41) is 25.8. The number of aliphatic imine (C=N–C) groups is 1. The van der Waals surface area contributed by atoms with E-state index in [1.54, 1.807) is 0 Å². The molecule has 0 radical (unpaired) electrons. The van der Waals surface area contributed by atoms with Gasteiger partial charge in [-0.3, -0.25) is 20.3 Å². The number of amidine groups is 2. The van der Waals surface area contributed by atoms with Gasteiger partial charge < -0.3 is 0 Å². The van der Waals surface area contributed by atoms with Gasteiger partial charge in [-0.2, -0.15) is 15.1 Å². The lowest BCUT2D eigenvalue weighted by atomic mass is 10.1. The third kappa shape index (κ3) is 2.98. The van der Waals surface area contributed by atoms with Gasteiger partial charge in [0, 0.05) is 12.1 Å². The number of hydrogen-bond acceptors (Lipinski definition) is 6. The lowest BCUT2D eigenvalue weighted by Crippen LogP contribution is -2.35. The predicted octanol–water partition coefficient (Wildman–Crippen LogP) is 3.01. The highest BCUT2D eigenvalue weighted by Crippen LogP contribution is 2.29. The molecular formula is C15H13N5O3S. The number of thioether (sulfide) groups is 1. The summed E-state index contributed by atoms with van der Waals surface area (Å²) < 4.78 is 0. The molecule has 9 heteroatoms. The maximum atomic E-state index is 12.2. The number of rotatable bonds is 4. The molecule has 0 aromatic heterocycles. The van der Waals surface area contributed by atoms with Crippen molar-refractivity contribution in [2.75, 3.05) is 0 Å². The SMILES string of the molecule is CCCC1=NN2C(=N)/C(=C/c3ccc([N+](=O)[O-])cc3)C(=O)N=C2S1. The Labute approximate surface area is 141 Å². The number of nitro benzene ring substituents is 1. The van der Waals surface area contributed by atoms with E-state index in [-0.39, 0.29) is 17.1 Å². The average molecular weight is 343 g/mol. The number of hydrazone groups is 1. The second-order valence-corrected chi connectivity index (χ2v) is 6.15. The molecule has 3 rings (SSSR count). The Hall–Kier alpha value is -2.81. The number of amides is 1. The van der Waals surface area contributed by atoms with E-state index in [2.05, 4.69) is 10.1 Å². The molecule has 8 nitrogen and oxygen atoms in total. The van der Waals surface area contributed by atoms with E-state index in [9.17, 15) is 14.9 Å². The highest BCUT2D eigenvalue weighted by molar-refractivity contribution is 8.26. The van der Waals surface area contributed by atoms with Crippen LogP contribution in [0.3, 0.4) is 0 Å². The van der Waals surface area contributed by atoms with Crippen LogP contribution >= 0.6 is 11.8 Å². The summed E-state index contributed by atoms with van der Waals surface area (Å²) in [6, 6.07) is 5.74. The van der Waals surface area contributed by atoms with Gasteiger partial charge in [0.1, 0.15) is 5.04 Å². The lowest BCUT2D eigenvalue weighted by Gasteiger charge is -2.20.